The Labute approximate surface area is 106 Å². The van der Waals surface area contributed by atoms with Crippen molar-refractivity contribution < 1.29 is 4.79 Å². The Hall–Kier alpha value is -1.17. The molecule has 0 saturated heterocycles. The molecular formula is C11H20N4OS. The molecule has 2 atom stereocenters. The van der Waals surface area contributed by atoms with Crippen molar-refractivity contribution in [3.05, 3.63) is 5.01 Å². The summed E-state index contributed by atoms with van der Waals surface area (Å²) in [5, 5.41) is 14.8. The van der Waals surface area contributed by atoms with Crippen LogP contribution in [0.25, 0.3) is 0 Å². The number of nitrogens with zero attached hydrogens (tertiary/aromatic N) is 2. The van der Waals surface area contributed by atoms with Gasteiger partial charge >= 0.3 is 0 Å². The molecule has 0 aliphatic rings. The summed E-state index contributed by atoms with van der Waals surface area (Å²) in [4.78, 5) is 11.9. The molecule has 2 N–H and O–H groups in total. The summed E-state index contributed by atoms with van der Waals surface area (Å²) in [5.74, 6) is 0.319. The zero-order chi connectivity index (χ0) is 12.8. The van der Waals surface area contributed by atoms with E-state index in [1.54, 1.807) is 0 Å². The standard InChI is InChI=1S/C11H20N4OS/c1-5-7(3)8(4)13-9(16)10-14-15-11(17-10)12-6-2/h7-8H,5-6H2,1-4H3,(H,12,15)(H,13,16). The third kappa shape index (κ3) is 3.96. The van der Waals surface area contributed by atoms with Crippen LogP contribution in [0.2, 0.25) is 0 Å². The summed E-state index contributed by atoms with van der Waals surface area (Å²) in [7, 11) is 0. The molecule has 1 rings (SSSR count). The van der Waals surface area contributed by atoms with E-state index >= 15 is 0 Å². The van der Waals surface area contributed by atoms with E-state index in [1.807, 2.05) is 13.8 Å². The number of nitrogens with one attached hydrogen (secondary N) is 2. The first kappa shape index (κ1) is 13.9. The Morgan fingerprint density at radius 3 is 2.65 bits per heavy atom. The summed E-state index contributed by atoms with van der Waals surface area (Å²) in [6.07, 6.45) is 1.04. The maximum Gasteiger partial charge on any atom is 0.282 e. The number of amides is 1. The minimum atomic E-state index is -0.139. The van der Waals surface area contributed by atoms with E-state index < -0.39 is 0 Å². The Kier molecular flexibility index (Phi) is 5.34. The fraction of sp³-hybridized carbons (Fsp3) is 0.727. The van der Waals surface area contributed by atoms with Crippen molar-refractivity contribution in [2.75, 3.05) is 11.9 Å². The minimum absolute atomic E-state index is 0.139. The zero-order valence-corrected chi connectivity index (χ0v) is 11.6. The van der Waals surface area contributed by atoms with Crippen LogP contribution in [0, 0.1) is 5.92 Å². The molecule has 0 aromatic carbocycles. The molecule has 1 aromatic rings. The quantitative estimate of drug-likeness (QED) is 0.818. The van der Waals surface area contributed by atoms with Crippen molar-refractivity contribution in [2.24, 2.45) is 5.92 Å². The summed E-state index contributed by atoms with van der Waals surface area (Å²) >= 11 is 1.28. The summed E-state index contributed by atoms with van der Waals surface area (Å²) in [6.45, 7) is 9.00. The molecule has 2 unspecified atom stereocenters. The van der Waals surface area contributed by atoms with Gasteiger partial charge in [0, 0.05) is 12.6 Å². The smallest absolute Gasteiger partial charge is 0.282 e. The van der Waals surface area contributed by atoms with E-state index in [0.29, 0.717) is 16.1 Å². The van der Waals surface area contributed by atoms with Gasteiger partial charge in [0.15, 0.2) is 0 Å². The number of hydrogen-bond acceptors (Lipinski definition) is 5. The molecular weight excluding hydrogens is 236 g/mol. The first-order valence-electron chi connectivity index (χ1n) is 5.96. The first-order chi connectivity index (χ1) is 8.08. The largest absolute Gasteiger partial charge is 0.360 e. The third-order valence-corrected chi connectivity index (χ3v) is 3.68. The van der Waals surface area contributed by atoms with Gasteiger partial charge in [0.05, 0.1) is 0 Å². The van der Waals surface area contributed by atoms with Gasteiger partial charge < -0.3 is 10.6 Å². The lowest BCUT2D eigenvalue weighted by Crippen LogP contribution is -2.36. The highest BCUT2D eigenvalue weighted by Gasteiger charge is 2.17. The van der Waals surface area contributed by atoms with Crippen molar-refractivity contribution in [1.82, 2.24) is 15.5 Å². The van der Waals surface area contributed by atoms with Crippen molar-refractivity contribution in [2.45, 2.75) is 40.2 Å². The molecule has 0 aliphatic heterocycles. The van der Waals surface area contributed by atoms with Gasteiger partial charge in [-0.05, 0) is 19.8 Å². The Morgan fingerprint density at radius 2 is 2.06 bits per heavy atom. The van der Waals surface area contributed by atoms with Crippen LogP contribution in [0.5, 0.6) is 0 Å². The Morgan fingerprint density at radius 1 is 1.35 bits per heavy atom. The first-order valence-corrected chi connectivity index (χ1v) is 6.78. The van der Waals surface area contributed by atoms with E-state index in [4.69, 9.17) is 0 Å². The molecule has 1 heterocycles. The molecule has 0 fully saturated rings. The highest BCUT2D eigenvalue weighted by atomic mass is 32.1. The lowest BCUT2D eigenvalue weighted by Gasteiger charge is -2.18. The second-order valence-electron chi connectivity index (χ2n) is 4.09. The maximum atomic E-state index is 11.9. The molecule has 0 radical (unpaired) electrons. The third-order valence-electron chi connectivity index (χ3n) is 2.80. The van der Waals surface area contributed by atoms with Gasteiger partial charge in [0.25, 0.3) is 5.91 Å². The molecule has 17 heavy (non-hydrogen) atoms. The van der Waals surface area contributed by atoms with Crippen molar-refractivity contribution in [1.29, 1.82) is 0 Å². The van der Waals surface area contributed by atoms with E-state index in [0.717, 1.165) is 13.0 Å². The number of rotatable bonds is 6. The van der Waals surface area contributed by atoms with Crippen LogP contribution in [0.3, 0.4) is 0 Å². The van der Waals surface area contributed by atoms with Gasteiger partial charge in [-0.3, -0.25) is 4.79 Å². The average Bonchev–Trinajstić information content (AvgIpc) is 2.77. The fourth-order valence-electron chi connectivity index (χ4n) is 1.30. The molecule has 0 bridgehead atoms. The van der Waals surface area contributed by atoms with Crippen LogP contribution >= 0.6 is 11.3 Å². The minimum Gasteiger partial charge on any atom is -0.360 e. The van der Waals surface area contributed by atoms with Gasteiger partial charge in [-0.15, -0.1) is 10.2 Å². The molecule has 1 amide bonds. The highest BCUT2D eigenvalue weighted by Crippen LogP contribution is 2.15. The number of carbonyl (C=O) groups is 1. The van der Waals surface area contributed by atoms with Crippen molar-refractivity contribution in [3.8, 4) is 0 Å². The zero-order valence-electron chi connectivity index (χ0n) is 10.8. The van der Waals surface area contributed by atoms with Crippen molar-refractivity contribution in [3.63, 3.8) is 0 Å². The number of anilines is 1. The molecule has 6 heteroatoms. The normalized spacial score (nSPS) is 14.1. The van der Waals surface area contributed by atoms with Gasteiger partial charge in [0.2, 0.25) is 10.1 Å². The molecule has 1 aromatic heterocycles. The second-order valence-corrected chi connectivity index (χ2v) is 5.07. The predicted octanol–water partition coefficient (Wildman–Crippen LogP) is 2.13. The number of carbonyl (C=O) groups excluding carboxylic acids is 1. The topological polar surface area (TPSA) is 66.9 Å². The Bertz CT molecular complexity index is 366. The van der Waals surface area contributed by atoms with E-state index in [-0.39, 0.29) is 11.9 Å². The highest BCUT2D eigenvalue weighted by molar-refractivity contribution is 7.17. The monoisotopic (exact) mass is 256 g/mol. The molecule has 0 spiro atoms. The number of hydrogen-bond donors (Lipinski definition) is 2. The van der Waals surface area contributed by atoms with Crippen molar-refractivity contribution >= 4 is 22.4 Å². The molecule has 0 aliphatic carbocycles. The van der Waals surface area contributed by atoms with Crippen LogP contribution in [-0.2, 0) is 0 Å². The van der Waals surface area contributed by atoms with Crippen LogP contribution < -0.4 is 10.6 Å². The number of aromatic nitrogens is 2. The lowest BCUT2D eigenvalue weighted by atomic mass is 10.0. The van der Waals surface area contributed by atoms with Crippen LogP contribution in [0.1, 0.15) is 43.9 Å². The second kappa shape index (κ2) is 6.54. The van der Waals surface area contributed by atoms with Gasteiger partial charge in [-0.1, -0.05) is 31.6 Å². The predicted molar refractivity (Wildman–Crippen MR) is 70.5 cm³/mol. The van der Waals surface area contributed by atoms with E-state index in [1.165, 1.54) is 11.3 Å². The maximum absolute atomic E-state index is 11.9. The van der Waals surface area contributed by atoms with Crippen LogP contribution in [-0.4, -0.2) is 28.7 Å². The van der Waals surface area contributed by atoms with Crippen LogP contribution in [0.4, 0.5) is 5.13 Å². The summed E-state index contributed by atoms with van der Waals surface area (Å²) in [5.41, 5.74) is 0. The van der Waals surface area contributed by atoms with Gasteiger partial charge in [-0.2, -0.15) is 0 Å². The summed E-state index contributed by atoms with van der Waals surface area (Å²) < 4.78 is 0. The SMILES string of the molecule is CCNc1nnc(C(=O)NC(C)C(C)CC)s1. The molecule has 0 saturated carbocycles. The summed E-state index contributed by atoms with van der Waals surface area (Å²) in [6, 6.07) is 0.152. The molecule has 96 valence electrons. The van der Waals surface area contributed by atoms with E-state index in [2.05, 4.69) is 34.7 Å². The van der Waals surface area contributed by atoms with Crippen LogP contribution in [0.15, 0.2) is 0 Å². The van der Waals surface area contributed by atoms with Gasteiger partial charge in [-0.25, -0.2) is 0 Å². The molecule has 5 nitrogen and oxygen atoms in total. The fourth-order valence-corrected chi connectivity index (χ4v) is 2.02. The van der Waals surface area contributed by atoms with Gasteiger partial charge in [0.1, 0.15) is 0 Å². The average molecular weight is 256 g/mol. The Balaban J connectivity index is 2.57. The lowest BCUT2D eigenvalue weighted by molar-refractivity contribution is 0.0927. The van der Waals surface area contributed by atoms with E-state index in [9.17, 15) is 4.79 Å².